The Balaban J connectivity index is 1.73. The number of carbonyl (C=O) groups excluding carboxylic acids is 1. The maximum Gasteiger partial charge on any atom is 0.330 e. The van der Waals surface area contributed by atoms with Crippen LogP contribution in [0.1, 0.15) is 84.5 Å². The second kappa shape index (κ2) is 18.5. The highest BCUT2D eigenvalue weighted by Crippen LogP contribution is 2.40. The van der Waals surface area contributed by atoms with Gasteiger partial charge in [0.15, 0.2) is 12.6 Å². The third-order valence-electron chi connectivity index (χ3n) is 7.96. The third kappa shape index (κ3) is 11.1. The van der Waals surface area contributed by atoms with Gasteiger partial charge in [0.25, 0.3) is 0 Å². The summed E-state index contributed by atoms with van der Waals surface area (Å²) in [5.41, 5.74) is 0. The molecule has 0 spiro atoms. The molecular formula is C33H50O7. The molecule has 0 amide bonds. The standard InChI is InChI=1S/C33H50O7/c1-4-5-8-15-25(2)29(39-32-18-11-13-22-37-32)21-20-27-26(16-9-6-7-10-17-31(35)36-3)28(34)24-30(27)40-33-19-12-14-23-38-33/h6-7,10,17,20-21,25-30,32-34H,4,9,11-16,18-19,22-24H2,1-3H3/b7-6-,17-10+,21-20?/t25-,26+,27+,28-,29+,30+,32?,33?/m0/s1. The van der Waals surface area contributed by atoms with E-state index in [-0.39, 0.29) is 48.5 Å². The van der Waals surface area contributed by atoms with Crippen LogP contribution in [0.2, 0.25) is 0 Å². The van der Waals surface area contributed by atoms with Gasteiger partial charge >= 0.3 is 5.97 Å². The van der Waals surface area contributed by atoms with Gasteiger partial charge in [-0.15, -0.1) is 11.8 Å². The summed E-state index contributed by atoms with van der Waals surface area (Å²) < 4.78 is 29.4. The Labute approximate surface area is 241 Å². The number of hydrogen-bond donors (Lipinski definition) is 1. The van der Waals surface area contributed by atoms with Crippen LogP contribution >= 0.6 is 0 Å². The molecule has 1 N–H and O–H groups in total. The first-order valence-corrected chi connectivity index (χ1v) is 15.3. The van der Waals surface area contributed by atoms with Crippen molar-refractivity contribution in [1.29, 1.82) is 0 Å². The molecule has 2 unspecified atom stereocenters. The van der Waals surface area contributed by atoms with Crippen molar-refractivity contribution in [1.82, 2.24) is 0 Å². The number of methoxy groups -OCH3 is 1. The largest absolute Gasteiger partial charge is 0.466 e. The predicted molar refractivity (Wildman–Crippen MR) is 155 cm³/mol. The van der Waals surface area contributed by atoms with Crippen molar-refractivity contribution >= 4 is 5.97 Å². The summed E-state index contributed by atoms with van der Waals surface area (Å²) in [7, 11) is 1.36. The molecule has 1 saturated carbocycles. The monoisotopic (exact) mass is 558 g/mol. The third-order valence-corrected chi connectivity index (χ3v) is 7.96. The Kier molecular flexibility index (Phi) is 15.0. The second-order valence-corrected chi connectivity index (χ2v) is 11.1. The molecule has 0 aromatic carbocycles. The fourth-order valence-corrected chi connectivity index (χ4v) is 5.65. The van der Waals surface area contributed by atoms with Crippen LogP contribution in [0.5, 0.6) is 0 Å². The number of aliphatic hydroxyl groups excluding tert-OH is 1. The SMILES string of the molecule is CCC#CC[C@H](C)[C@@H](C=C[C@@H]1[C@@H](CC/C=C\C=C\C(=O)OC)[C@@H](O)C[C@H]1OC1CCCCO1)OC1CCCCO1. The Hall–Kier alpha value is -1.95. The van der Waals surface area contributed by atoms with Gasteiger partial charge < -0.3 is 28.8 Å². The fraction of sp³-hybridized carbons (Fsp3) is 0.727. The lowest BCUT2D eigenvalue weighted by Crippen LogP contribution is -2.32. The zero-order valence-electron chi connectivity index (χ0n) is 24.7. The molecule has 3 aliphatic rings. The molecule has 0 aromatic rings. The predicted octanol–water partition coefficient (Wildman–Crippen LogP) is 5.87. The number of ether oxygens (including phenoxy) is 5. The molecule has 40 heavy (non-hydrogen) atoms. The van der Waals surface area contributed by atoms with Crippen molar-refractivity contribution in [3.05, 3.63) is 36.5 Å². The van der Waals surface area contributed by atoms with E-state index in [2.05, 4.69) is 42.6 Å². The van der Waals surface area contributed by atoms with Crippen LogP contribution in [0.3, 0.4) is 0 Å². The van der Waals surface area contributed by atoms with Crippen LogP contribution in [-0.2, 0) is 28.5 Å². The van der Waals surface area contributed by atoms with E-state index in [1.807, 2.05) is 12.2 Å². The lowest BCUT2D eigenvalue weighted by atomic mass is 9.88. The van der Waals surface area contributed by atoms with E-state index < -0.39 is 6.10 Å². The fourth-order valence-electron chi connectivity index (χ4n) is 5.65. The smallest absolute Gasteiger partial charge is 0.330 e. The van der Waals surface area contributed by atoms with Gasteiger partial charge in [0.05, 0.1) is 25.4 Å². The van der Waals surface area contributed by atoms with Crippen LogP contribution < -0.4 is 0 Å². The number of hydrogen-bond acceptors (Lipinski definition) is 7. The summed E-state index contributed by atoms with van der Waals surface area (Å²) in [6.07, 6.45) is 20.1. The molecule has 3 rings (SSSR count). The van der Waals surface area contributed by atoms with Crippen molar-refractivity contribution in [3.8, 4) is 11.8 Å². The highest BCUT2D eigenvalue weighted by molar-refractivity contribution is 5.82. The molecule has 0 bridgehead atoms. The van der Waals surface area contributed by atoms with Crippen LogP contribution in [0.15, 0.2) is 36.5 Å². The Morgan fingerprint density at radius 1 is 1.07 bits per heavy atom. The minimum Gasteiger partial charge on any atom is -0.466 e. The first kappa shape index (κ1) is 32.6. The van der Waals surface area contributed by atoms with E-state index in [9.17, 15) is 9.90 Å². The van der Waals surface area contributed by atoms with Gasteiger partial charge in [0.2, 0.25) is 0 Å². The van der Waals surface area contributed by atoms with E-state index in [1.165, 1.54) is 13.2 Å². The highest BCUT2D eigenvalue weighted by Gasteiger charge is 2.42. The maximum atomic E-state index is 11.3. The molecule has 2 saturated heterocycles. The number of rotatable bonds is 13. The number of carbonyl (C=O) groups is 1. The molecule has 2 aliphatic heterocycles. The van der Waals surface area contributed by atoms with Gasteiger partial charge in [-0.1, -0.05) is 44.2 Å². The normalized spacial score (nSPS) is 30.9. The summed E-state index contributed by atoms with van der Waals surface area (Å²) in [5.74, 6) is 6.37. The Bertz CT molecular complexity index is 873. The minimum absolute atomic E-state index is 0.0341. The first-order valence-electron chi connectivity index (χ1n) is 15.3. The van der Waals surface area contributed by atoms with Crippen molar-refractivity contribution in [2.24, 2.45) is 17.8 Å². The molecule has 224 valence electrons. The van der Waals surface area contributed by atoms with Crippen LogP contribution in [0.25, 0.3) is 0 Å². The average Bonchev–Trinajstić information content (AvgIpc) is 3.26. The van der Waals surface area contributed by atoms with E-state index in [1.54, 1.807) is 6.08 Å². The lowest BCUT2D eigenvalue weighted by Gasteiger charge is -2.31. The van der Waals surface area contributed by atoms with Gasteiger partial charge in [-0.05, 0) is 63.2 Å². The molecule has 8 atom stereocenters. The number of aliphatic hydroxyl groups is 1. The summed E-state index contributed by atoms with van der Waals surface area (Å²) in [5, 5.41) is 11.1. The van der Waals surface area contributed by atoms with Gasteiger partial charge in [-0.3, -0.25) is 0 Å². The molecule has 3 fully saturated rings. The molecule has 0 radical (unpaired) electrons. The van der Waals surface area contributed by atoms with Crippen molar-refractivity contribution in [3.63, 3.8) is 0 Å². The van der Waals surface area contributed by atoms with E-state index in [0.29, 0.717) is 6.42 Å². The molecule has 7 heteroatoms. The quantitative estimate of drug-likeness (QED) is 0.0995. The van der Waals surface area contributed by atoms with Crippen LogP contribution in [-0.4, -0.2) is 62.3 Å². The van der Waals surface area contributed by atoms with Gasteiger partial charge in [0.1, 0.15) is 0 Å². The second-order valence-electron chi connectivity index (χ2n) is 11.1. The Morgan fingerprint density at radius 3 is 2.50 bits per heavy atom. The molecule has 1 aliphatic carbocycles. The van der Waals surface area contributed by atoms with E-state index in [4.69, 9.17) is 18.9 Å². The summed E-state index contributed by atoms with van der Waals surface area (Å²) in [4.78, 5) is 11.3. The maximum absolute atomic E-state index is 11.3. The first-order chi connectivity index (χ1) is 19.5. The summed E-state index contributed by atoms with van der Waals surface area (Å²) in [6.45, 7) is 5.70. The number of esters is 1. The highest BCUT2D eigenvalue weighted by atomic mass is 16.7. The lowest BCUT2D eigenvalue weighted by molar-refractivity contribution is -0.193. The van der Waals surface area contributed by atoms with Gasteiger partial charge in [0, 0.05) is 44.5 Å². The molecule has 2 heterocycles. The Morgan fingerprint density at radius 2 is 1.82 bits per heavy atom. The van der Waals surface area contributed by atoms with E-state index in [0.717, 1.165) is 77.4 Å². The molecule has 7 nitrogen and oxygen atoms in total. The minimum atomic E-state index is -0.462. The van der Waals surface area contributed by atoms with Crippen LogP contribution in [0, 0.1) is 29.6 Å². The topological polar surface area (TPSA) is 83.5 Å². The summed E-state index contributed by atoms with van der Waals surface area (Å²) in [6, 6.07) is 0. The van der Waals surface area contributed by atoms with Gasteiger partial charge in [-0.25, -0.2) is 4.79 Å². The van der Waals surface area contributed by atoms with Crippen molar-refractivity contribution in [2.75, 3.05) is 20.3 Å². The average molecular weight is 559 g/mol. The zero-order valence-corrected chi connectivity index (χ0v) is 24.7. The van der Waals surface area contributed by atoms with Gasteiger partial charge in [-0.2, -0.15) is 0 Å². The molecular weight excluding hydrogens is 508 g/mol. The zero-order chi connectivity index (χ0) is 28.6. The van der Waals surface area contributed by atoms with Crippen molar-refractivity contribution < 1.29 is 33.6 Å². The van der Waals surface area contributed by atoms with Crippen molar-refractivity contribution in [2.45, 2.75) is 115 Å². The number of allylic oxidation sites excluding steroid dienone is 3. The molecule has 0 aromatic heterocycles. The van der Waals surface area contributed by atoms with Crippen LogP contribution in [0.4, 0.5) is 0 Å². The van der Waals surface area contributed by atoms with E-state index >= 15 is 0 Å². The summed E-state index contributed by atoms with van der Waals surface area (Å²) >= 11 is 0.